The van der Waals surface area contributed by atoms with Crippen LogP contribution in [0.5, 0.6) is 0 Å². The van der Waals surface area contributed by atoms with E-state index >= 15 is 0 Å². The normalized spacial score (nSPS) is 14.6. The van der Waals surface area contributed by atoms with Crippen molar-refractivity contribution in [3.05, 3.63) is 247 Å². The smallest absolute Gasteiger partial charge is 0.137 e. The summed E-state index contributed by atoms with van der Waals surface area (Å²) < 4.78 is 13.2. The maximum Gasteiger partial charge on any atom is 0.137 e. The van der Waals surface area contributed by atoms with E-state index in [2.05, 4.69) is 223 Å². The van der Waals surface area contributed by atoms with Gasteiger partial charge in [-0.1, -0.05) is 170 Å². The van der Waals surface area contributed by atoms with E-state index < -0.39 is 5.41 Å². The summed E-state index contributed by atoms with van der Waals surface area (Å²) in [7, 11) is 0. The Hall–Kier alpha value is -8.40. The number of anilines is 3. The lowest BCUT2D eigenvalue weighted by Crippen LogP contribution is -2.29. The van der Waals surface area contributed by atoms with Crippen LogP contribution in [0.1, 0.15) is 22.3 Å². The summed E-state index contributed by atoms with van der Waals surface area (Å²) in [6.07, 6.45) is 0. The van der Waals surface area contributed by atoms with Gasteiger partial charge in [-0.3, -0.25) is 0 Å². The Morgan fingerprint density at radius 2 is 0.844 bits per heavy atom. The fourth-order valence-corrected chi connectivity index (χ4v) is 11.3. The molecule has 1 atom stereocenters. The maximum atomic E-state index is 6.61. The van der Waals surface area contributed by atoms with Gasteiger partial charge in [0, 0.05) is 27.5 Å². The van der Waals surface area contributed by atoms with Gasteiger partial charge >= 0.3 is 0 Å². The topological polar surface area (TPSA) is 29.5 Å². The van der Waals surface area contributed by atoms with Crippen molar-refractivity contribution in [3.8, 4) is 44.5 Å². The van der Waals surface area contributed by atoms with Crippen LogP contribution >= 0.6 is 0 Å². The monoisotopic (exact) mass is 815 g/mol. The molecule has 0 saturated carbocycles. The van der Waals surface area contributed by atoms with E-state index in [0.29, 0.717) is 0 Å². The molecule has 3 heteroatoms. The minimum Gasteiger partial charge on any atom is -0.456 e. The Bertz CT molecular complexity index is 3860. The van der Waals surface area contributed by atoms with Gasteiger partial charge in [0.05, 0.1) is 16.5 Å². The summed E-state index contributed by atoms with van der Waals surface area (Å²) in [6, 6.07) is 81.8. The molecular formula is C61H37NO2. The zero-order chi connectivity index (χ0) is 41.9. The number of rotatable bonds is 4. The number of furan rings is 2. The van der Waals surface area contributed by atoms with Gasteiger partial charge in [0.25, 0.3) is 0 Å². The van der Waals surface area contributed by atoms with Gasteiger partial charge in [-0.15, -0.1) is 0 Å². The van der Waals surface area contributed by atoms with Gasteiger partial charge < -0.3 is 13.7 Å². The van der Waals surface area contributed by atoms with Crippen LogP contribution in [-0.4, -0.2) is 0 Å². The highest BCUT2D eigenvalue weighted by atomic mass is 16.3. The highest BCUT2D eigenvalue weighted by molar-refractivity contribution is 6.17. The Kier molecular flexibility index (Phi) is 7.32. The van der Waals surface area contributed by atoms with Crippen molar-refractivity contribution in [3.63, 3.8) is 0 Å². The van der Waals surface area contributed by atoms with Gasteiger partial charge in [-0.05, 0) is 121 Å². The van der Waals surface area contributed by atoms with Crippen LogP contribution in [0.25, 0.3) is 88.4 Å². The summed E-state index contributed by atoms with van der Waals surface area (Å²) >= 11 is 0. The summed E-state index contributed by atoms with van der Waals surface area (Å²) in [5.41, 5.74) is 20.7. The molecule has 10 aromatic carbocycles. The van der Waals surface area contributed by atoms with Crippen LogP contribution in [0.4, 0.5) is 17.1 Å². The number of benzene rings is 10. The molecule has 0 fully saturated rings. The van der Waals surface area contributed by atoms with Gasteiger partial charge in [-0.25, -0.2) is 0 Å². The number of hydrogen-bond donors (Lipinski definition) is 0. The highest BCUT2D eigenvalue weighted by Gasteiger charge is 2.50. The highest BCUT2D eigenvalue weighted by Crippen LogP contribution is 2.63. The molecule has 0 N–H and O–H groups in total. The molecule has 0 bridgehead atoms. The van der Waals surface area contributed by atoms with Crippen molar-refractivity contribution < 1.29 is 8.83 Å². The van der Waals surface area contributed by atoms with Crippen molar-refractivity contribution in [2.45, 2.75) is 5.41 Å². The minimum atomic E-state index is -0.698. The van der Waals surface area contributed by atoms with E-state index in [1.54, 1.807) is 0 Å². The summed E-state index contributed by atoms with van der Waals surface area (Å²) in [5, 5.41) is 4.46. The second-order valence-electron chi connectivity index (χ2n) is 17.1. The maximum absolute atomic E-state index is 6.61. The molecule has 2 aliphatic carbocycles. The van der Waals surface area contributed by atoms with E-state index in [1.807, 2.05) is 6.07 Å². The molecule has 0 aliphatic heterocycles. The fourth-order valence-electron chi connectivity index (χ4n) is 11.3. The molecule has 3 nitrogen and oxygen atoms in total. The number of para-hydroxylation sites is 2. The Morgan fingerprint density at radius 1 is 0.312 bits per heavy atom. The SMILES string of the molecule is c1ccc(-c2ccc(N(c3ccc4c(c3)C3(c5ccccc5-c5ccccc5-4)c4ccccc4-c4c3ccc3oc5ccccc5c43)c3cccc4oc5ccccc5c34)cc2)cc1. The fraction of sp³-hybridized carbons (Fsp3) is 0.0164. The number of hydrogen-bond acceptors (Lipinski definition) is 3. The molecule has 2 heterocycles. The zero-order valence-electron chi connectivity index (χ0n) is 34.6. The lowest BCUT2D eigenvalue weighted by molar-refractivity contribution is 0.668. The summed E-state index contributed by atoms with van der Waals surface area (Å²) in [4.78, 5) is 2.43. The van der Waals surface area contributed by atoms with Gasteiger partial charge in [0.1, 0.15) is 22.3 Å². The standard InChI is InChI=1S/C61H37NO2/c1-2-15-38(16-3-1)39-29-31-40(32-30-39)62(53-25-14-28-56-59(53)47-21-8-12-26-54(47)63-56)41-33-34-45-43-18-5-4-17-42(43)44-19-6-10-23-49(44)61(52(45)37-41)50-24-11-7-20-46(50)58-51(61)35-36-57-60(58)48-22-9-13-27-55(48)64-57/h1-37H. The first kappa shape index (κ1) is 35.2. The van der Waals surface area contributed by atoms with Crippen molar-refractivity contribution >= 4 is 60.9 Å². The molecule has 0 amide bonds. The average molecular weight is 816 g/mol. The van der Waals surface area contributed by atoms with Crippen molar-refractivity contribution in [1.82, 2.24) is 0 Å². The largest absolute Gasteiger partial charge is 0.456 e. The summed E-state index contributed by atoms with van der Waals surface area (Å²) in [6.45, 7) is 0. The third-order valence-corrected chi connectivity index (χ3v) is 13.9. The zero-order valence-corrected chi connectivity index (χ0v) is 34.6. The molecule has 14 rings (SSSR count). The average Bonchev–Trinajstić information content (AvgIpc) is 4.01. The third-order valence-electron chi connectivity index (χ3n) is 13.9. The first-order chi connectivity index (χ1) is 31.8. The van der Waals surface area contributed by atoms with E-state index in [-0.39, 0.29) is 0 Å². The molecule has 2 aliphatic rings. The Morgan fingerprint density at radius 3 is 1.58 bits per heavy atom. The lowest BCUT2D eigenvalue weighted by atomic mass is 9.65. The van der Waals surface area contributed by atoms with Crippen LogP contribution < -0.4 is 4.90 Å². The quantitative estimate of drug-likeness (QED) is 0.177. The molecule has 12 aromatic rings. The molecule has 1 spiro atoms. The van der Waals surface area contributed by atoms with E-state index in [0.717, 1.165) is 60.9 Å². The van der Waals surface area contributed by atoms with Crippen LogP contribution in [0.3, 0.4) is 0 Å². The molecule has 0 radical (unpaired) electrons. The number of fused-ring (bicyclic) bond motifs is 19. The Balaban J connectivity index is 1.12. The van der Waals surface area contributed by atoms with Crippen molar-refractivity contribution in [2.24, 2.45) is 0 Å². The second-order valence-corrected chi connectivity index (χ2v) is 17.1. The van der Waals surface area contributed by atoms with E-state index in [4.69, 9.17) is 8.83 Å². The molecular weight excluding hydrogens is 779 g/mol. The van der Waals surface area contributed by atoms with Crippen LogP contribution in [0.15, 0.2) is 233 Å². The first-order valence-corrected chi connectivity index (χ1v) is 22.0. The minimum absolute atomic E-state index is 0.698. The molecule has 298 valence electrons. The Labute approximate surface area is 369 Å². The van der Waals surface area contributed by atoms with Gasteiger partial charge in [0.15, 0.2) is 0 Å². The molecule has 1 unspecified atom stereocenters. The number of nitrogens with zero attached hydrogens (tertiary/aromatic N) is 1. The van der Waals surface area contributed by atoms with Crippen LogP contribution in [-0.2, 0) is 5.41 Å². The van der Waals surface area contributed by atoms with E-state index in [9.17, 15) is 0 Å². The van der Waals surface area contributed by atoms with Crippen LogP contribution in [0.2, 0.25) is 0 Å². The van der Waals surface area contributed by atoms with Crippen LogP contribution in [0, 0.1) is 0 Å². The summed E-state index contributed by atoms with van der Waals surface area (Å²) in [5.74, 6) is 0. The van der Waals surface area contributed by atoms with Gasteiger partial charge in [0.2, 0.25) is 0 Å². The predicted molar refractivity (Wildman–Crippen MR) is 263 cm³/mol. The van der Waals surface area contributed by atoms with Crippen molar-refractivity contribution in [2.75, 3.05) is 4.90 Å². The van der Waals surface area contributed by atoms with Gasteiger partial charge in [-0.2, -0.15) is 0 Å². The van der Waals surface area contributed by atoms with E-state index in [1.165, 1.54) is 66.8 Å². The lowest BCUT2D eigenvalue weighted by Gasteiger charge is -2.36. The molecule has 64 heavy (non-hydrogen) atoms. The predicted octanol–water partition coefficient (Wildman–Crippen LogP) is 16.6. The molecule has 0 saturated heterocycles. The third kappa shape index (κ3) is 4.76. The second kappa shape index (κ2) is 13.3. The first-order valence-electron chi connectivity index (χ1n) is 22.0. The van der Waals surface area contributed by atoms with Crippen molar-refractivity contribution in [1.29, 1.82) is 0 Å². The molecule has 2 aromatic heterocycles.